The predicted octanol–water partition coefficient (Wildman–Crippen LogP) is 3.77. The van der Waals surface area contributed by atoms with Crippen molar-refractivity contribution in [2.24, 2.45) is 0 Å². The summed E-state index contributed by atoms with van der Waals surface area (Å²) >= 11 is 17.5. The number of carbonyl (C=O) groups is 1. The van der Waals surface area contributed by atoms with Gasteiger partial charge in [-0.2, -0.15) is 0 Å². The predicted molar refractivity (Wildman–Crippen MR) is 68.5 cm³/mol. The van der Waals surface area contributed by atoms with E-state index in [0.29, 0.717) is 12.0 Å². The molecular weight excluding hydrogens is 301 g/mol. The highest BCUT2D eigenvalue weighted by molar-refractivity contribution is 6.68. The Balaban J connectivity index is 2.47. The molecule has 0 unspecified atom stereocenters. The molecule has 0 bridgehead atoms. The average Bonchev–Trinajstić information content (AvgIpc) is 2.28. The van der Waals surface area contributed by atoms with Crippen LogP contribution in [0, 0.1) is 5.82 Å². The van der Waals surface area contributed by atoms with Gasteiger partial charge < -0.3 is 4.74 Å². The lowest BCUT2D eigenvalue weighted by Crippen LogP contribution is -2.64. The summed E-state index contributed by atoms with van der Waals surface area (Å²) in [4.78, 5) is 11.8. The SMILES string of the molecule is CC[C@]1(c2ccc(F)cc2)C(=O)O[C@@H]1C(Cl)(Cl)Cl. The fourth-order valence-electron chi connectivity index (χ4n) is 2.26. The van der Waals surface area contributed by atoms with Crippen LogP contribution in [0.2, 0.25) is 0 Å². The number of hydrogen-bond donors (Lipinski definition) is 0. The summed E-state index contributed by atoms with van der Waals surface area (Å²) in [6, 6.07) is 5.58. The molecule has 0 radical (unpaired) electrons. The van der Waals surface area contributed by atoms with Gasteiger partial charge in [-0.3, -0.25) is 4.79 Å². The van der Waals surface area contributed by atoms with Gasteiger partial charge in [-0.15, -0.1) is 0 Å². The van der Waals surface area contributed by atoms with Crippen molar-refractivity contribution in [2.75, 3.05) is 0 Å². The smallest absolute Gasteiger partial charge is 0.321 e. The van der Waals surface area contributed by atoms with Crippen LogP contribution in [0.1, 0.15) is 18.9 Å². The van der Waals surface area contributed by atoms with Gasteiger partial charge in [0.05, 0.1) is 0 Å². The van der Waals surface area contributed by atoms with Gasteiger partial charge in [0.1, 0.15) is 11.2 Å². The number of hydrogen-bond acceptors (Lipinski definition) is 2. The molecule has 1 aromatic rings. The van der Waals surface area contributed by atoms with E-state index in [1.165, 1.54) is 24.3 Å². The first-order valence-corrected chi connectivity index (χ1v) is 6.49. The molecule has 1 heterocycles. The zero-order valence-electron chi connectivity index (χ0n) is 9.42. The largest absolute Gasteiger partial charge is 0.455 e. The summed E-state index contributed by atoms with van der Waals surface area (Å²) in [6.07, 6.45) is -0.450. The van der Waals surface area contributed by atoms with E-state index >= 15 is 0 Å². The third kappa shape index (κ3) is 1.98. The van der Waals surface area contributed by atoms with E-state index < -0.39 is 21.3 Å². The molecule has 1 aliphatic rings. The standard InChI is InChI=1S/C12H10Cl3FO2/c1-2-11(7-3-5-8(16)6-4-7)9(12(13,14)15)18-10(11)17/h3-6,9H,2H2,1H3/t9-,11+/m0/s1. The normalized spacial score (nSPS) is 27.6. The summed E-state index contributed by atoms with van der Waals surface area (Å²) in [5.41, 5.74) is -0.419. The Hall–Kier alpha value is -0.510. The average molecular weight is 312 g/mol. The molecule has 2 nitrogen and oxygen atoms in total. The van der Waals surface area contributed by atoms with E-state index in [2.05, 4.69) is 0 Å². The third-order valence-corrected chi connectivity index (χ3v) is 3.85. The van der Waals surface area contributed by atoms with E-state index in [4.69, 9.17) is 39.5 Å². The molecule has 98 valence electrons. The number of ether oxygens (including phenoxy) is 1. The van der Waals surface area contributed by atoms with Gasteiger partial charge in [0.25, 0.3) is 0 Å². The number of cyclic esters (lactones) is 1. The number of carbonyl (C=O) groups excluding carboxylic acids is 1. The van der Waals surface area contributed by atoms with Crippen LogP contribution in [0.5, 0.6) is 0 Å². The third-order valence-electron chi connectivity index (χ3n) is 3.25. The lowest BCUT2D eigenvalue weighted by atomic mass is 9.70. The van der Waals surface area contributed by atoms with Crippen molar-refractivity contribution < 1.29 is 13.9 Å². The van der Waals surface area contributed by atoms with E-state index in [0.717, 1.165) is 0 Å². The van der Waals surface area contributed by atoms with E-state index in [1.54, 1.807) is 6.92 Å². The Morgan fingerprint density at radius 1 is 1.33 bits per heavy atom. The number of rotatable bonds is 2. The zero-order chi connectivity index (χ0) is 13.6. The van der Waals surface area contributed by atoms with Gasteiger partial charge in [0.15, 0.2) is 6.10 Å². The molecule has 6 heteroatoms. The Morgan fingerprint density at radius 3 is 2.28 bits per heavy atom. The second-order valence-electron chi connectivity index (χ2n) is 4.16. The molecule has 1 saturated heterocycles. The molecular formula is C12H10Cl3FO2. The van der Waals surface area contributed by atoms with Crippen LogP contribution in [0.3, 0.4) is 0 Å². The minimum absolute atomic E-state index is 0.386. The van der Waals surface area contributed by atoms with Crippen molar-refractivity contribution >= 4 is 40.8 Å². The second-order valence-corrected chi connectivity index (χ2v) is 6.53. The highest BCUT2D eigenvalue weighted by atomic mass is 35.6. The van der Waals surface area contributed by atoms with Gasteiger partial charge in [0.2, 0.25) is 3.79 Å². The van der Waals surface area contributed by atoms with E-state index in [-0.39, 0.29) is 5.82 Å². The van der Waals surface area contributed by atoms with Crippen LogP contribution in [-0.4, -0.2) is 15.9 Å². The van der Waals surface area contributed by atoms with E-state index in [9.17, 15) is 9.18 Å². The highest BCUT2D eigenvalue weighted by Crippen LogP contribution is 2.52. The minimum atomic E-state index is -1.71. The maximum atomic E-state index is 12.9. The van der Waals surface area contributed by atoms with Crippen LogP contribution in [0.15, 0.2) is 24.3 Å². The zero-order valence-corrected chi connectivity index (χ0v) is 11.7. The van der Waals surface area contributed by atoms with Crippen molar-refractivity contribution in [3.05, 3.63) is 35.6 Å². The van der Waals surface area contributed by atoms with Crippen molar-refractivity contribution in [1.29, 1.82) is 0 Å². The van der Waals surface area contributed by atoms with Crippen molar-refractivity contribution in [3.63, 3.8) is 0 Å². The lowest BCUT2D eigenvalue weighted by molar-refractivity contribution is -0.191. The minimum Gasteiger partial charge on any atom is -0.455 e. The molecule has 18 heavy (non-hydrogen) atoms. The topological polar surface area (TPSA) is 26.3 Å². The van der Waals surface area contributed by atoms with Crippen LogP contribution >= 0.6 is 34.8 Å². The molecule has 0 aliphatic carbocycles. The number of esters is 1. The first kappa shape index (κ1) is 13.9. The quantitative estimate of drug-likeness (QED) is 0.614. The molecule has 1 aromatic carbocycles. The Morgan fingerprint density at radius 2 is 1.89 bits per heavy atom. The fourth-order valence-corrected chi connectivity index (χ4v) is 2.95. The van der Waals surface area contributed by atoms with E-state index in [1.807, 2.05) is 0 Å². The molecule has 2 rings (SSSR count). The summed E-state index contributed by atoms with van der Waals surface area (Å²) < 4.78 is 16.2. The molecule has 0 N–H and O–H groups in total. The van der Waals surface area contributed by atoms with Crippen molar-refractivity contribution in [2.45, 2.75) is 28.7 Å². The number of alkyl halides is 3. The summed E-state index contributed by atoms with van der Waals surface area (Å²) in [5, 5.41) is 0. The fraction of sp³-hybridized carbons (Fsp3) is 0.417. The first-order chi connectivity index (χ1) is 8.32. The molecule has 1 fully saturated rings. The number of benzene rings is 1. The van der Waals surface area contributed by atoms with Gasteiger partial charge in [-0.25, -0.2) is 4.39 Å². The Kier molecular flexibility index (Phi) is 3.52. The van der Waals surface area contributed by atoms with Crippen LogP contribution < -0.4 is 0 Å². The van der Waals surface area contributed by atoms with Gasteiger partial charge >= 0.3 is 5.97 Å². The molecule has 0 amide bonds. The monoisotopic (exact) mass is 310 g/mol. The Bertz CT molecular complexity index is 469. The molecule has 0 saturated carbocycles. The summed E-state index contributed by atoms with van der Waals surface area (Å²) in [6.45, 7) is 1.80. The molecule has 0 spiro atoms. The molecule has 1 aliphatic heterocycles. The van der Waals surface area contributed by atoms with Crippen LogP contribution in [0.25, 0.3) is 0 Å². The van der Waals surface area contributed by atoms with Gasteiger partial charge in [-0.05, 0) is 24.1 Å². The summed E-state index contributed by atoms with van der Waals surface area (Å²) in [7, 11) is 0. The second kappa shape index (κ2) is 4.55. The van der Waals surface area contributed by atoms with Crippen LogP contribution in [0.4, 0.5) is 4.39 Å². The lowest BCUT2D eigenvalue weighted by Gasteiger charge is -2.49. The molecule has 0 aromatic heterocycles. The first-order valence-electron chi connectivity index (χ1n) is 5.36. The van der Waals surface area contributed by atoms with Crippen LogP contribution in [-0.2, 0) is 14.9 Å². The van der Waals surface area contributed by atoms with Crippen molar-refractivity contribution in [3.8, 4) is 0 Å². The maximum absolute atomic E-state index is 12.9. The number of halogens is 4. The molecule has 2 atom stereocenters. The van der Waals surface area contributed by atoms with Crippen molar-refractivity contribution in [1.82, 2.24) is 0 Å². The van der Waals surface area contributed by atoms with Gasteiger partial charge in [0, 0.05) is 0 Å². The maximum Gasteiger partial charge on any atom is 0.321 e. The summed E-state index contributed by atoms with van der Waals surface area (Å²) in [5.74, 6) is -0.837. The highest BCUT2D eigenvalue weighted by Gasteiger charge is 2.65. The Labute approximate surface area is 119 Å². The van der Waals surface area contributed by atoms with Gasteiger partial charge in [-0.1, -0.05) is 53.9 Å².